The molecule has 3 heteroatoms. The first-order chi connectivity index (χ1) is 10.5. The Morgan fingerprint density at radius 2 is 1.77 bits per heavy atom. The highest BCUT2D eigenvalue weighted by Gasteiger charge is 2.08. The van der Waals surface area contributed by atoms with Gasteiger partial charge in [-0.15, -0.1) is 0 Å². The number of phenols is 1. The molecule has 2 aromatic carbocycles. The van der Waals surface area contributed by atoms with E-state index in [-0.39, 0.29) is 17.1 Å². The first-order valence-electron chi connectivity index (χ1n) is 6.96. The SMILES string of the molecule is Cc1cccc(/C=C/C(O)=C/C(=O)c2ccccc2O)c1C. The quantitative estimate of drug-likeness (QED) is 0.381. The minimum Gasteiger partial charge on any atom is -0.508 e. The number of rotatable bonds is 4. The molecular formula is C19H18O3. The average Bonchev–Trinajstić information content (AvgIpc) is 2.49. The zero-order valence-corrected chi connectivity index (χ0v) is 12.6. The van der Waals surface area contributed by atoms with Gasteiger partial charge in [0.15, 0.2) is 5.78 Å². The number of allylic oxidation sites excluding steroid dienone is 2. The Morgan fingerprint density at radius 3 is 2.50 bits per heavy atom. The molecule has 112 valence electrons. The van der Waals surface area contributed by atoms with Gasteiger partial charge in [-0.2, -0.15) is 0 Å². The maximum atomic E-state index is 12.0. The second kappa shape index (κ2) is 6.76. The molecule has 0 unspecified atom stereocenters. The van der Waals surface area contributed by atoms with Gasteiger partial charge in [0.25, 0.3) is 0 Å². The predicted octanol–water partition coefficient (Wildman–Crippen LogP) is 4.35. The van der Waals surface area contributed by atoms with Crippen LogP contribution in [-0.2, 0) is 0 Å². The highest BCUT2D eigenvalue weighted by atomic mass is 16.3. The van der Waals surface area contributed by atoms with E-state index in [0.29, 0.717) is 0 Å². The third-order valence-corrected chi connectivity index (χ3v) is 3.53. The Bertz CT molecular complexity index is 755. The van der Waals surface area contributed by atoms with Crippen molar-refractivity contribution in [1.29, 1.82) is 0 Å². The van der Waals surface area contributed by atoms with Crippen molar-refractivity contribution < 1.29 is 15.0 Å². The zero-order chi connectivity index (χ0) is 16.1. The van der Waals surface area contributed by atoms with E-state index in [0.717, 1.165) is 22.8 Å². The van der Waals surface area contributed by atoms with Crippen molar-refractivity contribution in [2.45, 2.75) is 13.8 Å². The molecule has 0 aliphatic rings. The number of ketones is 1. The van der Waals surface area contributed by atoms with E-state index < -0.39 is 5.78 Å². The van der Waals surface area contributed by atoms with E-state index in [1.807, 2.05) is 32.0 Å². The van der Waals surface area contributed by atoms with Crippen LogP contribution in [0, 0.1) is 13.8 Å². The Hall–Kier alpha value is -2.81. The number of aliphatic hydroxyl groups is 1. The normalized spacial score (nSPS) is 11.8. The molecule has 0 saturated heterocycles. The predicted molar refractivity (Wildman–Crippen MR) is 88.1 cm³/mol. The smallest absolute Gasteiger partial charge is 0.193 e. The molecule has 0 saturated carbocycles. The molecule has 0 heterocycles. The molecule has 0 amide bonds. The second-order valence-corrected chi connectivity index (χ2v) is 5.07. The van der Waals surface area contributed by atoms with Crippen LogP contribution >= 0.6 is 0 Å². The van der Waals surface area contributed by atoms with E-state index in [1.165, 1.54) is 18.2 Å². The summed E-state index contributed by atoms with van der Waals surface area (Å²) in [6, 6.07) is 12.1. The topological polar surface area (TPSA) is 57.5 Å². The van der Waals surface area contributed by atoms with Crippen molar-refractivity contribution in [2.75, 3.05) is 0 Å². The number of carbonyl (C=O) groups is 1. The third kappa shape index (κ3) is 3.64. The van der Waals surface area contributed by atoms with Gasteiger partial charge in [-0.05, 0) is 48.7 Å². The summed E-state index contributed by atoms with van der Waals surface area (Å²) in [5, 5.41) is 19.5. The lowest BCUT2D eigenvalue weighted by Gasteiger charge is -2.03. The Balaban J connectivity index is 2.19. The van der Waals surface area contributed by atoms with Crippen molar-refractivity contribution in [3.8, 4) is 5.75 Å². The highest BCUT2D eigenvalue weighted by molar-refractivity contribution is 6.06. The fourth-order valence-electron chi connectivity index (χ4n) is 2.07. The van der Waals surface area contributed by atoms with Crippen LogP contribution in [0.2, 0.25) is 0 Å². The Labute approximate surface area is 129 Å². The van der Waals surface area contributed by atoms with Crippen molar-refractivity contribution in [1.82, 2.24) is 0 Å². The van der Waals surface area contributed by atoms with Gasteiger partial charge in [-0.1, -0.05) is 36.4 Å². The summed E-state index contributed by atoms with van der Waals surface area (Å²) in [6.07, 6.45) is 4.32. The summed E-state index contributed by atoms with van der Waals surface area (Å²) in [5.74, 6) is -0.703. The van der Waals surface area contributed by atoms with Crippen LogP contribution in [0.15, 0.2) is 60.4 Å². The molecule has 0 radical (unpaired) electrons. The fourth-order valence-corrected chi connectivity index (χ4v) is 2.07. The number of aromatic hydroxyl groups is 1. The van der Waals surface area contributed by atoms with Crippen molar-refractivity contribution in [3.63, 3.8) is 0 Å². The van der Waals surface area contributed by atoms with Gasteiger partial charge < -0.3 is 10.2 Å². The number of phenolic OH excluding ortho intramolecular Hbond substituents is 1. The Morgan fingerprint density at radius 1 is 1.05 bits per heavy atom. The maximum absolute atomic E-state index is 12.0. The van der Waals surface area contributed by atoms with Gasteiger partial charge in [0.2, 0.25) is 0 Å². The van der Waals surface area contributed by atoms with Crippen LogP contribution in [-0.4, -0.2) is 16.0 Å². The number of benzene rings is 2. The van der Waals surface area contributed by atoms with Crippen molar-refractivity contribution >= 4 is 11.9 Å². The highest BCUT2D eigenvalue weighted by Crippen LogP contribution is 2.18. The van der Waals surface area contributed by atoms with Gasteiger partial charge in [0, 0.05) is 6.08 Å². The number of aryl methyl sites for hydroxylation is 1. The zero-order valence-electron chi connectivity index (χ0n) is 12.6. The fraction of sp³-hybridized carbons (Fsp3) is 0.105. The van der Waals surface area contributed by atoms with E-state index in [1.54, 1.807) is 18.2 Å². The van der Waals surface area contributed by atoms with E-state index in [9.17, 15) is 15.0 Å². The molecule has 3 nitrogen and oxygen atoms in total. The van der Waals surface area contributed by atoms with Crippen molar-refractivity contribution in [2.24, 2.45) is 0 Å². The third-order valence-electron chi connectivity index (χ3n) is 3.53. The standard InChI is InChI=1S/C19H18O3/c1-13-6-5-7-15(14(13)2)10-11-16(20)12-19(22)17-8-3-4-9-18(17)21/h3-12,20-21H,1-2H3/b11-10+,16-12-. The van der Waals surface area contributed by atoms with Gasteiger partial charge >= 0.3 is 0 Å². The summed E-state index contributed by atoms with van der Waals surface area (Å²) >= 11 is 0. The summed E-state index contributed by atoms with van der Waals surface area (Å²) in [5.41, 5.74) is 3.43. The van der Waals surface area contributed by atoms with Gasteiger partial charge in [0.05, 0.1) is 5.56 Å². The van der Waals surface area contributed by atoms with E-state index >= 15 is 0 Å². The van der Waals surface area contributed by atoms with Crippen molar-refractivity contribution in [3.05, 3.63) is 82.6 Å². The number of carbonyl (C=O) groups excluding carboxylic acids is 1. The molecule has 22 heavy (non-hydrogen) atoms. The van der Waals surface area contributed by atoms with Crippen LogP contribution in [0.3, 0.4) is 0 Å². The van der Waals surface area contributed by atoms with Crippen LogP contribution in [0.5, 0.6) is 5.75 Å². The van der Waals surface area contributed by atoms with Crippen LogP contribution in [0.4, 0.5) is 0 Å². The summed E-state index contributed by atoms with van der Waals surface area (Å²) in [4.78, 5) is 12.0. The molecule has 0 aliphatic carbocycles. The average molecular weight is 294 g/mol. The second-order valence-electron chi connectivity index (χ2n) is 5.07. The molecule has 0 atom stereocenters. The molecule has 2 N–H and O–H groups in total. The number of hydrogen-bond donors (Lipinski definition) is 2. The molecule has 0 bridgehead atoms. The van der Waals surface area contributed by atoms with Gasteiger partial charge in [-0.3, -0.25) is 4.79 Å². The van der Waals surface area contributed by atoms with Crippen LogP contribution < -0.4 is 0 Å². The Kier molecular flexibility index (Phi) is 4.79. The molecule has 2 aromatic rings. The summed E-state index contributed by atoms with van der Waals surface area (Å²) < 4.78 is 0. The summed E-state index contributed by atoms with van der Waals surface area (Å²) in [6.45, 7) is 4.02. The van der Waals surface area contributed by atoms with E-state index in [4.69, 9.17) is 0 Å². The summed E-state index contributed by atoms with van der Waals surface area (Å²) in [7, 11) is 0. The molecule has 0 spiro atoms. The van der Waals surface area contributed by atoms with Crippen LogP contribution in [0.25, 0.3) is 6.08 Å². The molecule has 0 fully saturated rings. The van der Waals surface area contributed by atoms with E-state index in [2.05, 4.69) is 0 Å². The number of para-hydroxylation sites is 1. The maximum Gasteiger partial charge on any atom is 0.193 e. The first-order valence-corrected chi connectivity index (χ1v) is 6.96. The lowest BCUT2D eigenvalue weighted by Crippen LogP contribution is -1.96. The van der Waals surface area contributed by atoms with Gasteiger partial charge in [0.1, 0.15) is 11.5 Å². The largest absolute Gasteiger partial charge is 0.508 e. The molecule has 0 aliphatic heterocycles. The van der Waals surface area contributed by atoms with Gasteiger partial charge in [-0.25, -0.2) is 0 Å². The monoisotopic (exact) mass is 294 g/mol. The number of hydrogen-bond acceptors (Lipinski definition) is 3. The lowest BCUT2D eigenvalue weighted by atomic mass is 10.0. The van der Waals surface area contributed by atoms with Crippen LogP contribution in [0.1, 0.15) is 27.0 Å². The molecular weight excluding hydrogens is 276 g/mol. The minimum atomic E-state index is -0.443. The first kappa shape index (κ1) is 15.6. The molecule has 2 rings (SSSR count). The molecule has 0 aromatic heterocycles. The lowest BCUT2D eigenvalue weighted by molar-refractivity contribution is 0.104. The minimum absolute atomic E-state index is 0.102. The number of aliphatic hydroxyl groups excluding tert-OH is 1.